The quantitative estimate of drug-likeness (QED) is 0.925. The lowest BCUT2D eigenvalue weighted by molar-refractivity contribution is -0.144. The maximum atomic E-state index is 10.5. The molecule has 1 N–H and O–H groups in total. The fourth-order valence-electron chi connectivity index (χ4n) is 0.808. The summed E-state index contributed by atoms with van der Waals surface area (Å²) >= 11 is 8.96. The molecule has 1 aromatic carbocycles. The first kappa shape index (κ1) is 11.3. The lowest BCUT2D eigenvalue weighted by atomic mass is 10.3. The third-order valence-electron chi connectivity index (χ3n) is 1.54. The second-order valence-corrected chi connectivity index (χ2v) is 3.96. The number of aliphatic carboxylic acids is 1. The minimum atomic E-state index is -1.02. The van der Waals surface area contributed by atoms with Crippen molar-refractivity contribution < 1.29 is 14.6 Å². The van der Waals surface area contributed by atoms with E-state index in [2.05, 4.69) is 15.9 Å². The molecule has 0 aromatic heterocycles. The zero-order valence-electron chi connectivity index (χ0n) is 7.33. The molecule has 0 saturated heterocycles. The van der Waals surface area contributed by atoms with Gasteiger partial charge in [0.05, 0.1) is 4.47 Å². The van der Waals surface area contributed by atoms with E-state index in [0.717, 1.165) is 0 Å². The monoisotopic (exact) mass is 278 g/mol. The Balaban J connectivity index is 2.85. The fourth-order valence-corrected chi connectivity index (χ4v) is 1.31. The van der Waals surface area contributed by atoms with Crippen LogP contribution in [0, 0.1) is 0 Å². The number of hydrogen-bond acceptors (Lipinski definition) is 2. The first-order chi connectivity index (χ1) is 6.50. The number of carbonyl (C=O) groups is 1. The molecule has 0 radical (unpaired) electrons. The summed E-state index contributed by atoms with van der Waals surface area (Å²) in [6.45, 7) is 1.45. The Hall–Kier alpha value is -0.740. The third kappa shape index (κ3) is 2.89. The van der Waals surface area contributed by atoms with Gasteiger partial charge in [0.2, 0.25) is 0 Å². The first-order valence-corrected chi connectivity index (χ1v) is 5.02. The van der Waals surface area contributed by atoms with Crippen LogP contribution in [0.25, 0.3) is 0 Å². The van der Waals surface area contributed by atoms with E-state index in [-0.39, 0.29) is 0 Å². The molecular weight excluding hydrogens is 271 g/mol. The van der Waals surface area contributed by atoms with Gasteiger partial charge in [-0.1, -0.05) is 11.6 Å². The molecule has 76 valence electrons. The summed E-state index contributed by atoms with van der Waals surface area (Å²) in [5.41, 5.74) is 0. The summed E-state index contributed by atoms with van der Waals surface area (Å²) in [5, 5.41) is 9.13. The maximum absolute atomic E-state index is 10.5. The molecule has 0 aliphatic rings. The normalized spacial score (nSPS) is 12.2. The van der Waals surface area contributed by atoms with Gasteiger partial charge in [-0.05, 0) is 41.1 Å². The highest BCUT2D eigenvalue weighted by Crippen LogP contribution is 2.28. The van der Waals surface area contributed by atoms with Crippen molar-refractivity contribution in [2.45, 2.75) is 13.0 Å². The van der Waals surface area contributed by atoms with E-state index in [0.29, 0.717) is 15.2 Å². The number of rotatable bonds is 3. The van der Waals surface area contributed by atoms with Crippen molar-refractivity contribution in [3.63, 3.8) is 0 Å². The largest absolute Gasteiger partial charge is 0.479 e. The predicted molar refractivity (Wildman–Crippen MR) is 56.9 cm³/mol. The summed E-state index contributed by atoms with van der Waals surface area (Å²) in [6, 6.07) is 4.95. The van der Waals surface area contributed by atoms with Crippen LogP contribution < -0.4 is 4.74 Å². The van der Waals surface area contributed by atoms with E-state index in [1.165, 1.54) is 6.92 Å². The Kier molecular flexibility index (Phi) is 3.77. The van der Waals surface area contributed by atoms with Crippen LogP contribution in [0.3, 0.4) is 0 Å². The Morgan fingerprint density at radius 2 is 2.29 bits per heavy atom. The summed E-state index contributed by atoms with van der Waals surface area (Å²) in [7, 11) is 0. The molecule has 1 unspecified atom stereocenters. The first-order valence-electron chi connectivity index (χ1n) is 3.85. The summed E-state index contributed by atoms with van der Waals surface area (Å²) in [4.78, 5) is 10.5. The van der Waals surface area contributed by atoms with E-state index in [9.17, 15) is 4.79 Å². The number of benzene rings is 1. The van der Waals surface area contributed by atoms with Gasteiger partial charge < -0.3 is 9.84 Å². The van der Waals surface area contributed by atoms with Gasteiger partial charge in [-0.15, -0.1) is 0 Å². The van der Waals surface area contributed by atoms with Crippen molar-refractivity contribution in [3.05, 3.63) is 27.7 Å². The highest BCUT2D eigenvalue weighted by Gasteiger charge is 2.14. The standard InChI is InChI=1S/C9H8BrClO3/c1-5(9(12)13)14-8-4-6(11)2-3-7(8)10/h2-5H,1H3,(H,12,13). The van der Waals surface area contributed by atoms with Crippen molar-refractivity contribution in [2.75, 3.05) is 0 Å². The smallest absolute Gasteiger partial charge is 0.344 e. The molecule has 14 heavy (non-hydrogen) atoms. The Morgan fingerprint density at radius 1 is 1.64 bits per heavy atom. The molecule has 0 bridgehead atoms. The second kappa shape index (κ2) is 4.66. The lowest BCUT2D eigenvalue weighted by Crippen LogP contribution is -2.22. The summed E-state index contributed by atoms with van der Waals surface area (Å²) in [5.74, 6) is -0.593. The predicted octanol–water partition coefficient (Wildman–Crippen LogP) is 2.95. The number of halogens is 2. The van der Waals surface area contributed by atoms with Crippen molar-refractivity contribution in [1.82, 2.24) is 0 Å². The van der Waals surface area contributed by atoms with Gasteiger partial charge in [0.15, 0.2) is 6.10 Å². The molecule has 1 aromatic rings. The van der Waals surface area contributed by atoms with Gasteiger partial charge in [0, 0.05) is 5.02 Å². The Morgan fingerprint density at radius 3 is 2.86 bits per heavy atom. The number of ether oxygens (including phenoxy) is 1. The van der Waals surface area contributed by atoms with Gasteiger partial charge in [-0.3, -0.25) is 0 Å². The van der Waals surface area contributed by atoms with Crippen molar-refractivity contribution >= 4 is 33.5 Å². The van der Waals surface area contributed by atoms with Gasteiger partial charge in [-0.2, -0.15) is 0 Å². The van der Waals surface area contributed by atoms with Crippen LogP contribution in [0.15, 0.2) is 22.7 Å². The lowest BCUT2D eigenvalue weighted by Gasteiger charge is -2.11. The molecule has 0 heterocycles. The van der Waals surface area contributed by atoms with E-state index in [4.69, 9.17) is 21.4 Å². The van der Waals surface area contributed by atoms with E-state index in [1.54, 1.807) is 18.2 Å². The molecular formula is C9H8BrClO3. The van der Waals surface area contributed by atoms with Crippen LogP contribution in [0.4, 0.5) is 0 Å². The minimum Gasteiger partial charge on any atom is -0.479 e. The maximum Gasteiger partial charge on any atom is 0.344 e. The van der Waals surface area contributed by atoms with Crippen molar-refractivity contribution in [3.8, 4) is 5.75 Å². The van der Waals surface area contributed by atoms with Gasteiger partial charge >= 0.3 is 5.97 Å². The molecule has 0 aliphatic carbocycles. The van der Waals surface area contributed by atoms with E-state index < -0.39 is 12.1 Å². The molecule has 0 spiro atoms. The zero-order valence-corrected chi connectivity index (χ0v) is 9.67. The number of hydrogen-bond donors (Lipinski definition) is 1. The fraction of sp³-hybridized carbons (Fsp3) is 0.222. The van der Waals surface area contributed by atoms with Crippen LogP contribution in [0.5, 0.6) is 5.75 Å². The molecule has 0 saturated carbocycles. The molecule has 1 rings (SSSR count). The number of carboxylic acid groups (broad SMARTS) is 1. The summed E-state index contributed by atoms with van der Waals surface area (Å²) in [6.07, 6.45) is -0.898. The average molecular weight is 280 g/mol. The molecule has 0 amide bonds. The van der Waals surface area contributed by atoms with Gasteiger partial charge in [-0.25, -0.2) is 4.79 Å². The van der Waals surface area contributed by atoms with Crippen LogP contribution in [0.1, 0.15) is 6.92 Å². The average Bonchev–Trinajstić information content (AvgIpc) is 2.11. The summed E-state index contributed by atoms with van der Waals surface area (Å²) < 4.78 is 5.83. The van der Waals surface area contributed by atoms with Gasteiger partial charge in [0.25, 0.3) is 0 Å². The topological polar surface area (TPSA) is 46.5 Å². The highest BCUT2D eigenvalue weighted by atomic mass is 79.9. The molecule has 0 fully saturated rings. The van der Waals surface area contributed by atoms with Crippen LogP contribution >= 0.6 is 27.5 Å². The molecule has 3 nitrogen and oxygen atoms in total. The second-order valence-electron chi connectivity index (χ2n) is 2.67. The van der Waals surface area contributed by atoms with Crippen LogP contribution in [-0.2, 0) is 4.79 Å². The number of carboxylic acids is 1. The minimum absolute atomic E-state index is 0.424. The molecule has 1 atom stereocenters. The Labute approximate surface area is 94.8 Å². The molecule has 5 heteroatoms. The van der Waals surface area contributed by atoms with Gasteiger partial charge in [0.1, 0.15) is 5.75 Å². The SMILES string of the molecule is CC(Oc1cc(Cl)ccc1Br)C(=O)O. The van der Waals surface area contributed by atoms with Crippen molar-refractivity contribution in [1.29, 1.82) is 0 Å². The molecule has 0 aliphatic heterocycles. The van der Waals surface area contributed by atoms with Crippen LogP contribution in [0.2, 0.25) is 5.02 Å². The van der Waals surface area contributed by atoms with Crippen LogP contribution in [-0.4, -0.2) is 17.2 Å². The van der Waals surface area contributed by atoms with Crippen molar-refractivity contribution in [2.24, 2.45) is 0 Å². The van der Waals surface area contributed by atoms with E-state index in [1.807, 2.05) is 0 Å². The zero-order chi connectivity index (χ0) is 10.7. The Bertz CT molecular complexity index is 354. The van der Waals surface area contributed by atoms with E-state index >= 15 is 0 Å². The third-order valence-corrected chi connectivity index (χ3v) is 2.43. The highest BCUT2D eigenvalue weighted by molar-refractivity contribution is 9.10.